The molecule has 2 unspecified atom stereocenters. The largest absolute Gasteiger partial charge is 0.481 e. The monoisotopic (exact) mass is 282 g/mol. The van der Waals surface area contributed by atoms with Crippen molar-refractivity contribution in [2.75, 3.05) is 13.1 Å². The number of aliphatic carboxylic acids is 1. The fourth-order valence-corrected chi connectivity index (χ4v) is 2.38. The molecule has 8 heteroatoms. The Hall–Kier alpha value is -2.12. The molecule has 1 aliphatic rings. The fraction of sp³-hybridized carbons (Fsp3) is 0.667. The lowest BCUT2D eigenvalue weighted by Crippen LogP contribution is -2.44. The van der Waals surface area contributed by atoms with E-state index in [1.165, 1.54) is 0 Å². The van der Waals surface area contributed by atoms with Crippen LogP contribution >= 0.6 is 0 Å². The number of carbonyl (C=O) groups excluding carboxylic acids is 1. The molecule has 0 spiro atoms. The van der Waals surface area contributed by atoms with Crippen LogP contribution in [0.5, 0.6) is 0 Å². The molecule has 0 saturated carbocycles. The van der Waals surface area contributed by atoms with Crippen LogP contribution in [0.2, 0.25) is 0 Å². The van der Waals surface area contributed by atoms with Crippen molar-refractivity contribution in [1.29, 1.82) is 0 Å². The van der Waals surface area contributed by atoms with Crippen molar-refractivity contribution in [3.8, 4) is 0 Å². The van der Waals surface area contributed by atoms with Crippen LogP contribution < -0.4 is 5.32 Å². The first kappa shape index (κ1) is 14.3. The number of amides is 2. The molecule has 2 amide bonds. The number of urea groups is 1. The number of aromatic nitrogens is 2. The second-order valence-corrected chi connectivity index (χ2v) is 4.88. The molecule has 110 valence electrons. The first-order valence-electron chi connectivity index (χ1n) is 6.55. The van der Waals surface area contributed by atoms with E-state index in [9.17, 15) is 9.59 Å². The molecule has 1 fully saturated rings. The third-order valence-corrected chi connectivity index (χ3v) is 3.52. The van der Waals surface area contributed by atoms with Crippen LogP contribution in [0.1, 0.15) is 25.1 Å². The summed E-state index contributed by atoms with van der Waals surface area (Å²) >= 11 is 0. The van der Waals surface area contributed by atoms with Gasteiger partial charge in [-0.25, -0.2) is 4.79 Å². The zero-order valence-corrected chi connectivity index (χ0v) is 11.5. The van der Waals surface area contributed by atoms with Gasteiger partial charge in [-0.05, 0) is 20.3 Å². The minimum Gasteiger partial charge on any atom is -0.481 e. The lowest BCUT2D eigenvalue weighted by molar-refractivity contribution is -0.142. The summed E-state index contributed by atoms with van der Waals surface area (Å²) in [5.74, 6) is -0.307. The lowest BCUT2D eigenvalue weighted by atomic mass is 10.0. The van der Waals surface area contributed by atoms with Crippen molar-refractivity contribution in [3.05, 3.63) is 11.7 Å². The standard InChI is InChI=1S/C12H18N4O4/c1-7-9(11(17)18)4-6-16(7)12(19)13-5-3-10-14-8(2)15-20-10/h7,9H,3-6H2,1-2H3,(H,13,19)(H,17,18). The Morgan fingerprint density at radius 3 is 2.85 bits per heavy atom. The molecule has 0 bridgehead atoms. The fourth-order valence-electron chi connectivity index (χ4n) is 2.38. The van der Waals surface area contributed by atoms with Crippen LogP contribution in [-0.2, 0) is 11.2 Å². The number of likely N-dealkylation sites (tertiary alicyclic amines) is 1. The van der Waals surface area contributed by atoms with Gasteiger partial charge in [-0.15, -0.1) is 0 Å². The average Bonchev–Trinajstić information content (AvgIpc) is 2.95. The predicted octanol–water partition coefficient (Wildman–Crippen LogP) is 0.425. The normalized spacial score (nSPS) is 22.0. The van der Waals surface area contributed by atoms with Crippen LogP contribution in [0.4, 0.5) is 4.79 Å². The lowest BCUT2D eigenvalue weighted by Gasteiger charge is -2.23. The number of carboxylic acid groups (broad SMARTS) is 1. The molecule has 1 aromatic heterocycles. The van der Waals surface area contributed by atoms with Crippen LogP contribution in [0.25, 0.3) is 0 Å². The molecule has 20 heavy (non-hydrogen) atoms. The Morgan fingerprint density at radius 1 is 1.55 bits per heavy atom. The zero-order chi connectivity index (χ0) is 14.7. The van der Waals surface area contributed by atoms with Crippen molar-refractivity contribution in [2.45, 2.75) is 32.7 Å². The molecule has 2 heterocycles. The number of nitrogens with zero attached hydrogens (tertiary/aromatic N) is 3. The minimum absolute atomic E-state index is 0.252. The van der Waals surface area contributed by atoms with Crippen LogP contribution in [0, 0.1) is 12.8 Å². The molecule has 1 aliphatic heterocycles. The number of aryl methyl sites for hydroxylation is 1. The van der Waals surface area contributed by atoms with Gasteiger partial charge in [0.05, 0.1) is 5.92 Å². The molecule has 2 atom stereocenters. The van der Waals surface area contributed by atoms with E-state index in [0.717, 1.165) is 0 Å². The Morgan fingerprint density at radius 2 is 2.30 bits per heavy atom. The van der Waals surface area contributed by atoms with Gasteiger partial charge in [0.15, 0.2) is 5.82 Å². The second-order valence-electron chi connectivity index (χ2n) is 4.88. The van der Waals surface area contributed by atoms with Crippen LogP contribution in [0.15, 0.2) is 4.52 Å². The third-order valence-electron chi connectivity index (χ3n) is 3.52. The SMILES string of the molecule is Cc1noc(CCNC(=O)N2CCC(C(=O)O)C2C)n1. The first-order valence-corrected chi connectivity index (χ1v) is 6.55. The van der Waals surface area contributed by atoms with Gasteiger partial charge in [-0.3, -0.25) is 4.79 Å². The van der Waals surface area contributed by atoms with Gasteiger partial charge >= 0.3 is 12.0 Å². The van der Waals surface area contributed by atoms with Crippen molar-refractivity contribution >= 4 is 12.0 Å². The highest BCUT2D eigenvalue weighted by atomic mass is 16.5. The van der Waals surface area contributed by atoms with Gasteiger partial charge in [-0.1, -0.05) is 5.16 Å². The Kier molecular flexibility index (Phi) is 4.21. The zero-order valence-electron chi connectivity index (χ0n) is 11.5. The van der Waals surface area contributed by atoms with Gasteiger partial charge in [-0.2, -0.15) is 4.98 Å². The van der Waals surface area contributed by atoms with Crippen molar-refractivity contribution in [1.82, 2.24) is 20.4 Å². The smallest absolute Gasteiger partial charge is 0.317 e. The molecule has 0 aromatic carbocycles. The van der Waals surface area contributed by atoms with E-state index in [2.05, 4.69) is 15.5 Å². The van der Waals surface area contributed by atoms with E-state index >= 15 is 0 Å². The average molecular weight is 282 g/mol. The number of carbonyl (C=O) groups is 2. The predicted molar refractivity (Wildman–Crippen MR) is 68.0 cm³/mol. The molecule has 1 aromatic rings. The number of hydrogen-bond acceptors (Lipinski definition) is 5. The van der Waals surface area contributed by atoms with Crippen molar-refractivity contribution in [2.24, 2.45) is 5.92 Å². The van der Waals surface area contributed by atoms with Gasteiger partial charge in [0.2, 0.25) is 5.89 Å². The number of hydrogen-bond donors (Lipinski definition) is 2. The van der Waals surface area contributed by atoms with E-state index in [0.29, 0.717) is 37.6 Å². The molecule has 8 nitrogen and oxygen atoms in total. The minimum atomic E-state index is -0.853. The molecule has 1 saturated heterocycles. The summed E-state index contributed by atoms with van der Waals surface area (Å²) in [6.07, 6.45) is 0.948. The number of rotatable bonds is 4. The Labute approximate surface area is 116 Å². The topological polar surface area (TPSA) is 109 Å². The molecule has 0 aliphatic carbocycles. The van der Waals surface area contributed by atoms with Crippen LogP contribution in [0.3, 0.4) is 0 Å². The molecular weight excluding hydrogens is 264 g/mol. The highest BCUT2D eigenvalue weighted by Gasteiger charge is 2.37. The Bertz CT molecular complexity index is 501. The van der Waals surface area contributed by atoms with Crippen molar-refractivity contribution < 1.29 is 19.2 Å². The highest BCUT2D eigenvalue weighted by molar-refractivity contribution is 5.78. The summed E-state index contributed by atoms with van der Waals surface area (Å²) in [7, 11) is 0. The maximum absolute atomic E-state index is 12.0. The van der Waals surface area contributed by atoms with Gasteiger partial charge in [0, 0.05) is 25.6 Å². The van der Waals surface area contributed by atoms with Crippen LogP contribution in [-0.4, -0.2) is 51.3 Å². The van der Waals surface area contributed by atoms with Gasteiger partial charge < -0.3 is 19.8 Å². The number of carboxylic acids is 1. The first-order chi connectivity index (χ1) is 9.49. The summed E-state index contributed by atoms with van der Waals surface area (Å²) < 4.78 is 4.94. The molecule has 2 rings (SSSR count). The molecule has 2 N–H and O–H groups in total. The summed E-state index contributed by atoms with van der Waals surface area (Å²) in [4.78, 5) is 28.6. The summed E-state index contributed by atoms with van der Waals surface area (Å²) in [6.45, 7) is 4.32. The maximum atomic E-state index is 12.0. The highest BCUT2D eigenvalue weighted by Crippen LogP contribution is 2.24. The number of nitrogens with one attached hydrogen (secondary N) is 1. The van der Waals surface area contributed by atoms with Gasteiger partial charge in [0.25, 0.3) is 0 Å². The van der Waals surface area contributed by atoms with Crippen molar-refractivity contribution in [3.63, 3.8) is 0 Å². The van der Waals surface area contributed by atoms with E-state index < -0.39 is 11.9 Å². The Balaban J connectivity index is 1.79. The molecule has 0 radical (unpaired) electrons. The van der Waals surface area contributed by atoms with E-state index in [-0.39, 0.29) is 12.1 Å². The van der Waals surface area contributed by atoms with E-state index in [1.807, 2.05) is 0 Å². The summed E-state index contributed by atoms with van der Waals surface area (Å²) in [5, 5.41) is 15.4. The summed E-state index contributed by atoms with van der Waals surface area (Å²) in [6, 6.07) is -0.546. The summed E-state index contributed by atoms with van der Waals surface area (Å²) in [5.41, 5.74) is 0. The second kappa shape index (κ2) is 5.89. The maximum Gasteiger partial charge on any atom is 0.317 e. The van der Waals surface area contributed by atoms with E-state index in [1.54, 1.807) is 18.7 Å². The van der Waals surface area contributed by atoms with Gasteiger partial charge in [0.1, 0.15) is 0 Å². The molecular formula is C12H18N4O4. The van der Waals surface area contributed by atoms with E-state index in [4.69, 9.17) is 9.63 Å². The third kappa shape index (κ3) is 3.06. The quantitative estimate of drug-likeness (QED) is 0.828.